The van der Waals surface area contributed by atoms with Gasteiger partial charge in [-0.3, -0.25) is 4.79 Å². The van der Waals surface area contributed by atoms with Gasteiger partial charge < -0.3 is 14.2 Å². The van der Waals surface area contributed by atoms with Crippen molar-refractivity contribution in [1.29, 1.82) is 0 Å². The van der Waals surface area contributed by atoms with Crippen molar-refractivity contribution < 1.29 is 9.53 Å². The number of hydrogen-bond acceptors (Lipinski definition) is 4. The van der Waals surface area contributed by atoms with E-state index in [2.05, 4.69) is 4.90 Å². The van der Waals surface area contributed by atoms with Crippen LogP contribution in [0.1, 0.15) is 16.8 Å². The molecule has 0 aliphatic rings. The first kappa shape index (κ1) is 17.2. The highest BCUT2D eigenvalue weighted by atomic mass is 16.5. The van der Waals surface area contributed by atoms with E-state index in [-0.39, 0.29) is 11.5 Å². The molecule has 3 rings (SSSR count). The minimum atomic E-state index is -0.378. The van der Waals surface area contributed by atoms with Gasteiger partial charge in [-0.2, -0.15) is 0 Å². The summed E-state index contributed by atoms with van der Waals surface area (Å²) in [7, 11) is 5.40. The second kappa shape index (κ2) is 7.07. The highest BCUT2D eigenvalue weighted by Crippen LogP contribution is 2.24. The van der Waals surface area contributed by atoms with Gasteiger partial charge in [-0.1, -0.05) is 18.2 Å². The van der Waals surface area contributed by atoms with Gasteiger partial charge in [-0.05, 0) is 56.7 Å². The molecule has 0 saturated carbocycles. The molecule has 5 heteroatoms. The number of esters is 1. The normalized spacial score (nSPS) is 11.4. The van der Waals surface area contributed by atoms with E-state index in [0.29, 0.717) is 17.5 Å². The number of carbonyl (C=O) groups excluding carboxylic acids is 1. The fourth-order valence-corrected chi connectivity index (χ4v) is 3.16. The molecule has 0 aliphatic carbocycles. The fraction of sp³-hybridized carbons (Fsp3) is 0.300. The Balaban J connectivity index is 2.24. The van der Waals surface area contributed by atoms with Gasteiger partial charge in [0, 0.05) is 17.3 Å². The third-order valence-electron chi connectivity index (χ3n) is 4.39. The first-order chi connectivity index (χ1) is 12.0. The number of benzene rings is 2. The molecular weight excluding hydrogens is 316 g/mol. The molecule has 0 atom stereocenters. The lowest BCUT2D eigenvalue weighted by atomic mass is 10.0. The zero-order chi connectivity index (χ0) is 18.0. The molecule has 1 aromatic heterocycles. The molecule has 0 N–H and O–H groups in total. The van der Waals surface area contributed by atoms with Gasteiger partial charge in [-0.15, -0.1) is 0 Å². The number of hydrogen-bond donors (Lipinski definition) is 0. The van der Waals surface area contributed by atoms with Crippen molar-refractivity contribution in [2.24, 2.45) is 0 Å². The summed E-state index contributed by atoms with van der Waals surface area (Å²) >= 11 is 0. The van der Waals surface area contributed by atoms with Crippen LogP contribution in [-0.4, -0.2) is 43.2 Å². The Bertz CT molecular complexity index is 989. The highest BCUT2D eigenvalue weighted by Gasteiger charge is 2.13. The Kier molecular flexibility index (Phi) is 4.86. The smallest absolute Gasteiger partial charge is 0.337 e. The van der Waals surface area contributed by atoms with Crippen molar-refractivity contribution >= 4 is 27.6 Å². The number of aromatic nitrogens is 1. The molecule has 2 aromatic carbocycles. The van der Waals surface area contributed by atoms with E-state index in [4.69, 9.17) is 4.74 Å². The van der Waals surface area contributed by atoms with Crippen LogP contribution in [-0.2, 0) is 11.3 Å². The summed E-state index contributed by atoms with van der Waals surface area (Å²) in [5.74, 6) is -0.378. The molecule has 0 fully saturated rings. The number of fused-ring (bicyclic) bond motifs is 3. The fourth-order valence-electron chi connectivity index (χ4n) is 3.16. The minimum absolute atomic E-state index is 0.00711. The van der Waals surface area contributed by atoms with Crippen LogP contribution in [0.25, 0.3) is 21.7 Å². The van der Waals surface area contributed by atoms with Gasteiger partial charge in [0.15, 0.2) is 0 Å². The molecule has 0 radical (unpaired) electrons. The first-order valence-corrected chi connectivity index (χ1v) is 8.31. The number of ether oxygens (including phenoxy) is 1. The Morgan fingerprint density at radius 3 is 2.48 bits per heavy atom. The quantitative estimate of drug-likeness (QED) is 0.530. The summed E-state index contributed by atoms with van der Waals surface area (Å²) in [6.45, 7) is 1.54. The predicted molar refractivity (Wildman–Crippen MR) is 100 cm³/mol. The Morgan fingerprint density at radius 2 is 1.80 bits per heavy atom. The molecule has 0 unspecified atom stereocenters. The number of nitrogens with zero attached hydrogens (tertiary/aromatic N) is 2. The van der Waals surface area contributed by atoms with E-state index >= 15 is 0 Å². The van der Waals surface area contributed by atoms with Crippen LogP contribution < -0.4 is 5.56 Å². The van der Waals surface area contributed by atoms with Crippen LogP contribution in [0.5, 0.6) is 0 Å². The van der Waals surface area contributed by atoms with E-state index < -0.39 is 0 Å². The third-order valence-corrected chi connectivity index (χ3v) is 4.39. The molecule has 3 aromatic rings. The molecular formula is C20H22N2O3. The summed E-state index contributed by atoms with van der Waals surface area (Å²) in [5.41, 5.74) is 1.33. The van der Waals surface area contributed by atoms with Crippen molar-refractivity contribution in [2.75, 3.05) is 27.7 Å². The zero-order valence-electron chi connectivity index (χ0n) is 14.8. The Labute approximate surface area is 146 Å². The highest BCUT2D eigenvalue weighted by molar-refractivity contribution is 6.08. The molecule has 0 spiro atoms. The van der Waals surface area contributed by atoms with Gasteiger partial charge >= 0.3 is 5.97 Å². The first-order valence-electron chi connectivity index (χ1n) is 8.31. The number of carbonyl (C=O) groups is 1. The van der Waals surface area contributed by atoms with Crippen LogP contribution in [0.3, 0.4) is 0 Å². The van der Waals surface area contributed by atoms with Crippen LogP contribution in [0, 0.1) is 0 Å². The summed E-state index contributed by atoms with van der Waals surface area (Å²) in [5, 5.41) is 2.42. The van der Waals surface area contributed by atoms with Crippen LogP contribution in [0.15, 0.2) is 47.3 Å². The zero-order valence-corrected chi connectivity index (χ0v) is 14.8. The SMILES string of the molecule is COC(=O)c1ccc2c(c1)c1ccccc1c(=O)n2CCCN(C)C. The largest absolute Gasteiger partial charge is 0.465 e. The maximum Gasteiger partial charge on any atom is 0.337 e. The topological polar surface area (TPSA) is 51.5 Å². The average molecular weight is 338 g/mol. The van der Waals surface area contributed by atoms with Crippen molar-refractivity contribution in [3.8, 4) is 0 Å². The summed E-state index contributed by atoms with van der Waals surface area (Å²) in [4.78, 5) is 26.9. The Morgan fingerprint density at radius 1 is 1.08 bits per heavy atom. The van der Waals surface area contributed by atoms with Crippen molar-refractivity contribution in [1.82, 2.24) is 9.47 Å². The van der Waals surface area contributed by atoms with Crippen LogP contribution >= 0.6 is 0 Å². The standard InChI is InChI=1S/C20H22N2O3/c1-21(2)11-6-12-22-18-10-9-14(20(24)25-3)13-17(18)15-7-4-5-8-16(15)19(22)23/h4-5,7-10,13H,6,11-12H2,1-3H3. The number of pyridine rings is 1. The molecule has 0 saturated heterocycles. The minimum Gasteiger partial charge on any atom is -0.465 e. The van der Waals surface area contributed by atoms with E-state index in [1.165, 1.54) is 7.11 Å². The third kappa shape index (κ3) is 3.28. The lowest BCUT2D eigenvalue weighted by molar-refractivity contribution is 0.0601. The maximum atomic E-state index is 13.0. The average Bonchev–Trinajstić information content (AvgIpc) is 2.63. The van der Waals surface area contributed by atoms with E-state index in [1.807, 2.05) is 55.1 Å². The summed E-state index contributed by atoms with van der Waals surface area (Å²) in [6.07, 6.45) is 0.874. The van der Waals surface area contributed by atoms with Gasteiger partial charge in [-0.25, -0.2) is 4.79 Å². The Hall–Kier alpha value is -2.66. The van der Waals surface area contributed by atoms with Gasteiger partial charge in [0.25, 0.3) is 5.56 Å². The summed E-state index contributed by atoms with van der Waals surface area (Å²) < 4.78 is 6.64. The monoisotopic (exact) mass is 338 g/mol. The predicted octanol–water partition coefficient (Wildman–Crippen LogP) is 2.89. The van der Waals surface area contributed by atoms with E-state index in [0.717, 1.165) is 29.3 Å². The van der Waals surface area contributed by atoms with Crippen molar-refractivity contribution in [3.05, 3.63) is 58.4 Å². The molecule has 0 amide bonds. The molecule has 1 heterocycles. The van der Waals surface area contributed by atoms with Gasteiger partial charge in [0.2, 0.25) is 0 Å². The molecule has 5 nitrogen and oxygen atoms in total. The lowest BCUT2D eigenvalue weighted by Gasteiger charge is -2.15. The van der Waals surface area contributed by atoms with Crippen LogP contribution in [0.4, 0.5) is 0 Å². The molecule has 0 aliphatic heterocycles. The van der Waals surface area contributed by atoms with E-state index in [1.54, 1.807) is 6.07 Å². The van der Waals surface area contributed by atoms with Crippen molar-refractivity contribution in [3.63, 3.8) is 0 Å². The summed E-state index contributed by atoms with van der Waals surface area (Å²) in [6, 6.07) is 12.9. The maximum absolute atomic E-state index is 13.0. The van der Waals surface area contributed by atoms with Crippen LogP contribution in [0.2, 0.25) is 0 Å². The molecule has 0 bridgehead atoms. The second-order valence-corrected chi connectivity index (χ2v) is 6.38. The second-order valence-electron chi connectivity index (χ2n) is 6.38. The van der Waals surface area contributed by atoms with Gasteiger partial charge in [0.05, 0.1) is 18.2 Å². The number of rotatable bonds is 5. The van der Waals surface area contributed by atoms with Gasteiger partial charge in [0.1, 0.15) is 0 Å². The number of aryl methyl sites for hydroxylation is 1. The van der Waals surface area contributed by atoms with E-state index in [9.17, 15) is 9.59 Å². The van der Waals surface area contributed by atoms with Crippen molar-refractivity contribution in [2.45, 2.75) is 13.0 Å². The lowest BCUT2D eigenvalue weighted by Crippen LogP contribution is -2.23. The molecule has 130 valence electrons. The number of methoxy groups -OCH3 is 1. The molecule has 25 heavy (non-hydrogen) atoms.